The molecule has 0 aromatic carbocycles. The van der Waals surface area contributed by atoms with E-state index in [1.54, 1.807) is 0 Å². The number of aliphatic hydroxyl groups excluding tert-OH is 1. The Morgan fingerprint density at radius 3 is 2.82 bits per heavy atom. The molecule has 1 saturated heterocycles. The van der Waals surface area contributed by atoms with Gasteiger partial charge in [0.25, 0.3) is 0 Å². The molecule has 0 amide bonds. The van der Waals surface area contributed by atoms with Crippen LogP contribution in [0.5, 0.6) is 0 Å². The SMILES string of the molecule is CCC(C)SC1CNCC1O. The predicted molar refractivity (Wildman–Crippen MR) is 50.0 cm³/mol. The third kappa shape index (κ3) is 2.65. The van der Waals surface area contributed by atoms with Gasteiger partial charge in [-0.15, -0.1) is 0 Å². The van der Waals surface area contributed by atoms with E-state index in [0.29, 0.717) is 10.5 Å². The minimum atomic E-state index is -0.131. The van der Waals surface area contributed by atoms with Crippen LogP contribution >= 0.6 is 11.8 Å². The first-order chi connectivity index (χ1) is 5.24. The Balaban J connectivity index is 2.24. The molecule has 1 aliphatic rings. The third-order valence-electron chi connectivity index (χ3n) is 2.11. The fraction of sp³-hybridized carbons (Fsp3) is 1.00. The molecule has 11 heavy (non-hydrogen) atoms. The van der Waals surface area contributed by atoms with Crippen LogP contribution in [-0.4, -0.2) is 34.8 Å². The lowest BCUT2D eigenvalue weighted by atomic mass is 10.3. The van der Waals surface area contributed by atoms with Gasteiger partial charge in [0.05, 0.1) is 6.10 Å². The first kappa shape index (κ1) is 9.36. The van der Waals surface area contributed by atoms with Gasteiger partial charge in [0.15, 0.2) is 0 Å². The number of aliphatic hydroxyl groups is 1. The summed E-state index contributed by atoms with van der Waals surface area (Å²) in [5.41, 5.74) is 0. The molecule has 0 saturated carbocycles. The molecule has 1 fully saturated rings. The monoisotopic (exact) mass is 175 g/mol. The normalized spacial score (nSPS) is 34.1. The highest BCUT2D eigenvalue weighted by Crippen LogP contribution is 2.24. The summed E-state index contributed by atoms with van der Waals surface area (Å²) in [7, 11) is 0. The zero-order valence-corrected chi connectivity index (χ0v) is 8.03. The van der Waals surface area contributed by atoms with Gasteiger partial charge in [0, 0.05) is 23.6 Å². The average Bonchev–Trinajstić information content (AvgIpc) is 2.37. The Bertz CT molecular complexity index is 121. The molecular formula is C8H17NOS. The van der Waals surface area contributed by atoms with Gasteiger partial charge in [-0.2, -0.15) is 11.8 Å². The van der Waals surface area contributed by atoms with Crippen molar-refractivity contribution in [1.29, 1.82) is 0 Å². The Hall–Kier alpha value is 0.270. The minimum Gasteiger partial charge on any atom is -0.391 e. The van der Waals surface area contributed by atoms with Crippen LogP contribution in [0.2, 0.25) is 0 Å². The molecule has 3 atom stereocenters. The molecule has 2 nitrogen and oxygen atoms in total. The lowest BCUT2D eigenvalue weighted by Gasteiger charge is -2.16. The van der Waals surface area contributed by atoms with Crippen LogP contribution in [0.3, 0.4) is 0 Å². The fourth-order valence-electron chi connectivity index (χ4n) is 1.17. The van der Waals surface area contributed by atoms with Gasteiger partial charge in [-0.3, -0.25) is 0 Å². The van der Waals surface area contributed by atoms with E-state index in [9.17, 15) is 5.11 Å². The van der Waals surface area contributed by atoms with Crippen molar-refractivity contribution in [3.05, 3.63) is 0 Å². The highest BCUT2D eigenvalue weighted by Gasteiger charge is 2.26. The highest BCUT2D eigenvalue weighted by atomic mass is 32.2. The van der Waals surface area contributed by atoms with E-state index in [-0.39, 0.29) is 6.10 Å². The molecule has 0 aliphatic carbocycles. The lowest BCUT2D eigenvalue weighted by Crippen LogP contribution is -2.22. The first-order valence-electron chi connectivity index (χ1n) is 4.28. The van der Waals surface area contributed by atoms with Crippen LogP contribution in [-0.2, 0) is 0 Å². The Labute approximate surface area is 72.8 Å². The number of thioether (sulfide) groups is 1. The smallest absolute Gasteiger partial charge is 0.0795 e. The molecular weight excluding hydrogens is 158 g/mol. The number of β-amino-alcohol motifs (C(OH)–C–C–N with tert-alkyl or cyclic N) is 1. The van der Waals surface area contributed by atoms with Crippen LogP contribution in [0, 0.1) is 0 Å². The Morgan fingerprint density at radius 1 is 1.64 bits per heavy atom. The van der Waals surface area contributed by atoms with E-state index in [1.807, 2.05) is 11.8 Å². The van der Waals surface area contributed by atoms with Crippen molar-refractivity contribution in [3.8, 4) is 0 Å². The van der Waals surface area contributed by atoms with Crippen LogP contribution in [0.4, 0.5) is 0 Å². The van der Waals surface area contributed by atoms with Crippen LogP contribution < -0.4 is 5.32 Å². The summed E-state index contributed by atoms with van der Waals surface area (Å²) in [5, 5.41) is 13.7. The number of nitrogens with one attached hydrogen (secondary N) is 1. The molecule has 0 bridgehead atoms. The largest absolute Gasteiger partial charge is 0.391 e. The maximum Gasteiger partial charge on any atom is 0.0795 e. The van der Waals surface area contributed by atoms with Gasteiger partial charge in [-0.1, -0.05) is 13.8 Å². The molecule has 1 rings (SSSR count). The topological polar surface area (TPSA) is 32.3 Å². The van der Waals surface area contributed by atoms with Crippen molar-refractivity contribution in [1.82, 2.24) is 5.32 Å². The summed E-state index contributed by atoms with van der Waals surface area (Å²) >= 11 is 1.90. The predicted octanol–water partition coefficient (Wildman–Crippen LogP) is 0.851. The maximum absolute atomic E-state index is 9.45. The molecule has 0 radical (unpaired) electrons. The summed E-state index contributed by atoms with van der Waals surface area (Å²) in [6.45, 7) is 6.15. The van der Waals surface area contributed by atoms with Crippen molar-refractivity contribution in [2.75, 3.05) is 13.1 Å². The molecule has 2 N–H and O–H groups in total. The summed E-state index contributed by atoms with van der Waals surface area (Å²) < 4.78 is 0. The van der Waals surface area contributed by atoms with Crippen molar-refractivity contribution in [3.63, 3.8) is 0 Å². The summed E-state index contributed by atoms with van der Waals surface area (Å²) in [5.74, 6) is 0. The first-order valence-corrected chi connectivity index (χ1v) is 5.22. The number of hydrogen-bond acceptors (Lipinski definition) is 3. The van der Waals surface area contributed by atoms with E-state index in [4.69, 9.17) is 0 Å². The van der Waals surface area contributed by atoms with Gasteiger partial charge >= 0.3 is 0 Å². The van der Waals surface area contributed by atoms with Crippen molar-refractivity contribution >= 4 is 11.8 Å². The highest BCUT2D eigenvalue weighted by molar-refractivity contribution is 8.00. The summed E-state index contributed by atoms with van der Waals surface area (Å²) in [4.78, 5) is 0. The third-order valence-corrected chi connectivity index (χ3v) is 3.74. The second-order valence-corrected chi connectivity index (χ2v) is 4.80. The second kappa shape index (κ2) is 4.33. The van der Waals surface area contributed by atoms with E-state index < -0.39 is 0 Å². The second-order valence-electron chi connectivity index (χ2n) is 3.12. The van der Waals surface area contributed by atoms with Gasteiger partial charge in [-0.05, 0) is 6.42 Å². The van der Waals surface area contributed by atoms with Gasteiger partial charge in [0.1, 0.15) is 0 Å². The van der Waals surface area contributed by atoms with Gasteiger partial charge in [0.2, 0.25) is 0 Å². The summed E-state index contributed by atoms with van der Waals surface area (Å²) in [6.07, 6.45) is 1.06. The lowest BCUT2D eigenvalue weighted by molar-refractivity contribution is 0.201. The molecule has 0 spiro atoms. The number of hydrogen-bond donors (Lipinski definition) is 2. The van der Waals surface area contributed by atoms with Crippen LogP contribution in [0.25, 0.3) is 0 Å². The van der Waals surface area contributed by atoms with E-state index >= 15 is 0 Å². The van der Waals surface area contributed by atoms with Gasteiger partial charge < -0.3 is 10.4 Å². The number of rotatable bonds is 3. The zero-order valence-electron chi connectivity index (χ0n) is 7.21. The van der Waals surface area contributed by atoms with Crippen molar-refractivity contribution < 1.29 is 5.11 Å². The maximum atomic E-state index is 9.45. The molecule has 66 valence electrons. The molecule has 3 unspecified atom stereocenters. The molecule has 0 aromatic rings. The van der Waals surface area contributed by atoms with E-state index in [2.05, 4.69) is 19.2 Å². The fourth-order valence-corrected chi connectivity index (χ4v) is 2.46. The molecule has 1 aliphatic heterocycles. The van der Waals surface area contributed by atoms with Crippen molar-refractivity contribution in [2.24, 2.45) is 0 Å². The zero-order chi connectivity index (χ0) is 8.27. The molecule has 3 heteroatoms. The van der Waals surface area contributed by atoms with Crippen molar-refractivity contribution in [2.45, 2.75) is 36.9 Å². The molecule has 1 heterocycles. The summed E-state index contributed by atoms with van der Waals surface area (Å²) in [6, 6.07) is 0. The molecule has 0 aromatic heterocycles. The van der Waals surface area contributed by atoms with Gasteiger partial charge in [-0.25, -0.2) is 0 Å². The van der Waals surface area contributed by atoms with Crippen LogP contribution in [0.1, 0.15) is 20.3 Å². The standard InChI is InChI=1S/C8H17NOS/c1-3-6(2)11-8-5-9-4-7(8)10/h6-10H,3-5H2,1-2H3. The Kier molecular flexibility index (Phi) is 3.69. The van der Waals surface area contributed by atoms with Crippen LogP contribution in [0.15, 0.2) is 0 Å². The van der Waals surface area contributed by atoms with E-state index in [0.717, 1.165) is 13.1 Å². The minimum absolute atomic E-state index is 0.131. The quantitative estimate of drug-likeness (QED) is 0.667. The Morgan fingerprint density at radius 2 is 2.36 bits per heavy atom. The van der Waals surface area contributed by atoms with E-state index in [1.165, 1.54) is 6.42 Å². The average molecular weight is 175 g/mol.